The van der Waals surface area contributed by atoms with E-state index in [4.69, 9.17) is 14.7 Å². The number of aldehydes is 1. The minimum atomic E-state index is 0.363. The number of carbonyl (C=O) groups is 1. The van der Waals surface area contributed by atoms with Crippen LogP contribution in [0.15, 0.2) is 36.4 Å². The van der Waals surface area contributed by atoms with Gasteiger partial charge in [-0.25, -0.2) is 0 Å². The summed E-state index contributed by atoms with van der Waals surface area (Å²) in [4.78, 5) is 10.9. The van der Waals surface area contributed by atoms with Crippen LogP contribution in [0.5, 0.6) is 11.5 Å². The Morgan fingerprint density at radius 3 is 2.55 bits per heavy atom. The maximum atomic E-state index is 10.9. The van der Waals surface area contributed by atoms with E-state index in [9.17, 15) is 4.79 Å². The standard InChI is InChI=1S/C17H14INO3/c1-2-21-16-8-14(10-20)7-15(18)17(16)22-11-13-5-3-12(9-19)4-6-13/h3-8,10H,2,11H2,1H3. The van der Waals surface area contributed by atoms with Crippen molar-refractivity contribution in [3.8, 4) is 17.6 Å². The normalized spacial score (nSPS) is 9.86. The number of halogens is 1. The van der Waals surface area contributed by atoms with Gasteiger partial charge in [0, 0.05) is 5.56 Å². The van der Waals surface area contributed by atoms with Crippen molar-refractivity contribution < 1.29 is 14.3 Å². The molecule has 0 spiro atoms. The highest BCUT2D eigenvalue weighted by Crippen LogP contribution is 2.34. The molecule has 0 bridgehead atoms. The Labute approximate surface area is 142 Å². The molecule has 0 N–H and O–H groups in total. The van der Waals surface area contributed by atoms with Crippen molar-refractivity contribution in [3.05, 3.63) is 56.7 Å². The van der Waals surface area contributed by atoms with Gasteiger partial charge in [0.2, 0.25) is 0 Å². The van der Waals surface area contributed by atoms with Crippen LogP contribution < -0.4 is 9.47 Å². The molecule has 0 radical (unpaired) electrons. The highest BCUT2D eigenvalue weighted by atomic mass is 127. The van der Waals surface area contributed by atoms with Crippen LogP contribution in [-0.2, 0) is 6.61 Å². The molecule has 0 aliphatic carbocycles. The molecular formula is C17H14INO3. The van der Waals surface area contributed by atoms with Crippen LogP contribution in [0.2, 0.25) is 0 Å². The van der Waals surface area contributed by atoms with Gasteiger partial charge in [0.05, 0.1) is 21.8 Å². The van der Waals surface area contributed by atoms with E-state index < -0.39 is 0 Å². The highest BCUT2D eigenvalue weighted by Gasteiger charge is 2.12. The summed E-state index contributed by atoms with van der Waals surface area (Å²) in [7, 11) is 0. The smallest absolute Gasteiger partial charge is 0.175 e. The maximum Gasteiger partial charge on any atom is 0.175 e. The molecule has 0 heterocycles. The maximum absolute atomic E-state index is 10.9. The predicted molar refractivity (Wildman–Crippen MR) is 91.2 cm³/mol. The second-order valence-electron chi connectivity index (χ2n) is 4.48. The highest BCUT2D eigenvalue weighted by molar-refractivity contribution is 14.1. The van der Waals surface area contributed by atoms with Gasteiger partial charge in [0.15, 0.2) is 11.5 Å². The molecule has 0 fully saturated rings. The van der Waals surface area contributed by atoms with Gasteiger partial charge in [-0.3, -0.25) is 4.79 Å². The van der Waals surface area contributed by atoms with Crippen molar-refractivity contribution in [1.82, 2.24) is 0 Å². The van der Waals surface area contributed by atoms with Crippen LogP contribution in [0.1, 0.15) is 28.4 Å². The van der Waals surface area contributed by atoms with Crippen LogP contribution >= 0.6 is 22.6 Å². The Morgan fingerprint density at radius 2 is 1.95 bits per heavy atom. The fraction of sp³-hybridized carbons (Fsp3) is 0.176. The summed E-state index contributed by atoms with van der Waals surface area (Å²) in [5.74, 6) is 1.18. The average molecular weight is 407 g/mol. The van der Waals surface area contributed by atoms with Gasteiger partial charge in [-0.05, 0) is 59.3 Å². The van der Waals surface area contributed by atoms with E-state index in [0.29, 0.717) is 35.8 Å². The summed E-state index contributed by atoms with van der Waals surface area (Å²) in [6, 6.07) is 12.7. The Kier molecular flexibility index (Phi) is 5.78. The first-order chi connectivity index (χ1) is 10.7. The molecule has 2 aromatic carbocycles. The SMILES string of the molecule is CCOc1cc(C=O)cc(I)c1OCc1ccc(C#N)cc1. The molecule has 112 valence electrons. The fourth-order valence-electron chi connectivity index (χ4n) is 1.89. The van der Waals surface area contributed by atoms with Crippen LogP contribution in [0.25, 0.3) is 0 Å². The second-order valence-corrected chi connectivity index (χ2v) is 5.64. The van der Waals surface area contributed by atoms with Crippen LogP contribution in [0.4, 0.5) is 0 Å². The van der Waals surface area contributed by atoms with Crippen molar-refractivity contribution in [3.63, 3.8) is 0 Å². The summed E-state index contributed by atoms with van der Waals surface area (Å²) in [5.41, 5.74) is 2.12. The number of rotatable bonds is 6. The monoisotopic (exact) mass is 407 g/mol. The Bertz CT molecular complexity index is 705. The molecule has 2 aromatic rings. The van der Waals surface area contributed by atoms with Crippen LogP contribution in [-0.4, -0.2) is 12.9 Å². The molecule has 0 aromatic heterocycles. The van der Waals surface area contributed by atoms with E-state index >= 15 is 0 Å². The Morgan fingerprint density at radius 1 is 1.23 bits per heavy atom. The summed E-state index contributed by atoms with van der Waals surface area (Å²) in [5, 5.41) is 8.79. The van der Waals surface area contributed by atoms with E-state index in [1.807, 2.05) is 19.1 Å². The molecule has 0 amide bonds. The zero-order valence-corrected chi connectivity index (χ0v) is 14.2. The molecule has 5 heteroatoms. The van der Waals surface area contributed by atoms with Crippen molar-refractivity contribution in [2.75, 3.05) is 6.61 Å². The van der Waals surface area contributed by atoms with Crippen LogP contribution in [0, 0.1) is 14.9 Å². The van der Waals surface area contributed by atoms with E-state index in [0.717, 1.165) is 15.4 Å². The molecule has 0 unspecified atom stereocenters. The van der Waals surface area contributed by atoms with Gasteiger partial charge in [0.1, 0.15) is 12.9 Å². The number of nitrogens with zero attached hydrogens (tertiary/aromatic N) is 1. The topological polar surface area (TPSA) is 59.3 Å². The molecule has 0 saturated heterocycles. The predicted octanol–water partition coefficient (Wildman–Crippen LogP) is 3.95. The van der Waals surface area contributed by atoms with E-state index in [-0.39, 0.29) is 0 Å². The molecule has 2 rings (SSSR count). The third-order valence-electron chi connectivity index (χ3n) is 2.93. The number of hydrogen-bond donors (Lipinski definition) is 0. The van der Waals surface area contributed by atoms with Gasteiger partial charge < -0.3 is 9.47 Å². The van der Waals surface area contributed by atoms with Gasteiger partial charge in [-0.1, -0.05) is 12.1 Å². The Balaban J connectivity index is 2.20. The number of carbonyl (C=O) groups excluding carboxylic acids is 1. The quantitative estimate of drug-likeness (QED) is 0.538. The lowest BCUT2D eigenvalue weighted by molar-refractivity contribution is 0.112. The number of ether oxygens (including phenoxy) is 2. The number of benzene rings is 2. The lowest BCUT2D eigenvalue weighted by atomic mass is 10.1. The molecule has 0 aliphatic rings. The van der Waals surface area contributed by atoms with Gasteiger partial charge >= 0.3 is 0 Å². The van der Waals surface area contributed by atoms with Crippen molar-refractivity contribution in [1.29, 1.82) is 5.26 Å². The summed E-state index contributed by atoms with van der Waals surface area (Å²) in [6.45, 7) is 2.73. The zero-order chi connectivity index (χ0) is 15.9. The molecule has 0 saturated carbocycles. The third kappa shape index (κ3) is 3.98. The lowest BCUT2D eigenvalue weighted by Gasteiger charge is -2.14. The van der Waals surface area contributed by atoms with Crippen molar-refractivity contribution in [2.24, 2.45) is 0 Å². The molecule has 22 heavy (non-hydrogen) atoms. The first-order valence-electron chi connectivity index (χ1n) is 6.71. The first kappa shape index (κ1) is 16.3. The minimum Gasteiger partial charge on any atom is -0.490 e. The first-order valence-corrected chi connectivity index (χ1v) is 7.79. The van der Waals surface area contributed by atoms with Gasteiger partial charge in [-0.15, -0.1) is 0 Å². The molecule has 0 aliphatic heterocycles. The van der Waals surface area contributed by atoms with E-state index in [1.54, 1.807) is 24.3 Å². The number of nitriles is 1. The molecule has 0 atom stereocenters. The molecule has 4 nitrogen and oxygen atoms in total. The zero-order valence-electron chi connectivity index (χ0n) is 12.0. The fourth-order valence-corrected chi connectivity index (χ4v) is 2.67. The lowest BCUT2D eigenvalue weighted by Crippen LogP contribution is -2.02. The summed E-state index contributed by atoms with van der Waals surface area (Å²) >= 11 is 2.12. The summed E-state index contributed by atoms with van der Waals surface area (Å²) in [6.07, 6.45) is 0.787. The van der Waals surface area contributed by atoms with Crippen LogP contribution in [0.3, 0.4) is 0 Å². The average Bonchev–Trinajstić information content (AvgIpc) is 2.54. The number of hydrogen-bond acceptors (Lipinski definition) is 4. The van der Waals surface area contributed by atoms with E-state index in [1.165, 1.54) is 0 Å². The van der Waals surface area contributed by atoms with Crippen molar-refractivity contribution >= 4 is 28.9 Å². The second kappa shape index (κ2) is 7.80. The van der Waals surface area contributed by atoms with Gasteiger partial charge in [0.25, 0.3) is 0 Å². The summed E-state index contributed by atoms with van der Waals surface area (Å²) < 4.78 is 12.2. The minimum absolute atomic E-state index is 0.363. The third-order valence-corrected chi connectivity index (χ3v) is 3.74. The largest absolute Gasteiger partial charge is 0.490 e. The van der Waals surface area contributed by atoms with Crippen molar-refractivity contribution in [2.45, 2.75) is 13.5 Å². The molecular weight excluding hydrogens is 393 g/mol. The van der Waals surface area contributed by atoms with E-state index in [2.05, 4.69) is 28.7 Å². The van der Waals surface area contributed by atoms with Gasteiger partial charge in [-0.2, -0.15) is 5.26 Å². The Hall–Kier alpha value is -2.07.